The number of anilines is 2. The summed E-state index contributed by atoms with van der Waals surface area (Å²) in [5.74, 6) is -0.497. The highest BCUT2D eigenvalue weighted by Gasteiger charge is 2.29. The predicted octanol–water partition coefficient (Wildman–Crippen LogP) is 5.47. The summed E-state index contributed by atoms with van der Waals surface area (Å²) in [5, 5.41) is 8.39. The number of primary amides is 1. The minimum atomic E-state index is -0.497. The Hall–Kier alpha value is -2.61. The molecule has 4 rings (SSSR count). The van der Waals surface area contributed by atoms with Gasteiger partial charge >= 0.3 is 6.03 Å². The van der Waals surface area contributed by atoms with Crippen LogP contribution >= 0.6 is 23.7 Å². The summed E-state index contributed by atoms with van der Waals surface area (Å²) in [7, 11) is 0. The van der Waals surface area contributed by atoms with Crippen LogP contribution in [0.2, 0.25) is 0 Å². The first-order valence-corrected chi connectivity index (χ1v) is 11.2. The summed E-state index contributed by atoms with van der Waals surface area (Å²) in [6.07, 6.45) is 0.758. The van der Waals surface area contributed by atoms with E-state index in [1.165, 1.54) is 11.3 Å². The molecule has 170 valence electrons. The second kappa shape index (κ2) is 9.48. The number of amides is 3. The number of thiophene rings is 1. The molecule has 0 aliphatic carbocycles. The van der Waals surface area contributed by atoms with Crippen molar-refractivity contribution in [1.29, 1.82) is 0 Å². The molecule has 2 aromatic carbocycles. The molecular formula is C24H29ClN4O2S. The van der Waals surface area contributed by atoms with Gasteiger partial charge in [-0.1, -0.05) is 51.1 Å². The number of fused-ring (bicyclic) bond motifs is 2. The SMILES string of the molecule is CC(C)(C)CN1CCc2c(sc(NC(=O)Nc3ccc4ccccc4c3)c2C(N)=O)C1.Cl. The van der Waals surface area contributed by atoms with Gasteiger partial charge in [0.25, 0.3) is 5.91 Å². The molecular weight excluding hydrogens is 444 g/mol. The van der Waals surface area contributed by atoms with Gasteiger partial charge in [-0.2, -0.15) is 0 Å². The fourth-order valence-electron chi connectivity index (χ4n) is 4.14. The third kappa shape index (κ3) is 5.41. The number of carbonyl (C=O) groups excluding carboxylic acids is 2. The lowest BCUT2D eigenvalue weighted by molar-refractivity contribution is 0.0999. The molecule has 0 atom stereocenters. The number of rotatable bonds is 4. The molecule has 0 saturated carbocycles. The molecule has 0 radical (unpaired) electrons. The molecule has 0 bridgehead atoms. The molecule has 3 aromatic rings. The Morgan fingerprint density at radius 3 is 2.50 bits per heavy atom. The van der Waals surface area contributed by atoms with Crippen LogP contribution in [0.3, 0.4) is 0 Å². The maximum atomic E-state index is 12.7. The number of nitrogens with two attached hydrogens (primary N) is 1. The average Bonchev–Trinajstić information content (AvgIpc) is 3.03. The number of nitrogens with zero attached hydrogens (tertiary/aromatic N) is 1. The van der Waals surface area contributed by atoms with Crippen LogP contribution in [0.1, 0.15) is 41.6 Å². The van der Waals surface area contributed by atoms with E-state index in [-0.39, 0.29) is 23.9 Å². The lowest BCUT2D eigenvalue weighted by Crippen LogP contribution is -2.36. The number of carbonyl (C=O) groups is 2. The number of benzene rings is 2. The number of urea groups is 1. The second-order valence-corrected chi connectivity index (χ2v) is 10.3. The van der Waals surface area contributed by atoms with Crippen LogP contribution in [0.15, 0.2) is 42.5 Å². The van der Waals surface area contributed by atoms with Crippen molar-refractivity contribution < 1.29 is 9.59 Å². The van der Waals surface area contributed by atoms with Gasteiger partial charge in [0.05, 0.1) is 5.56 Å². The lowest BCUT2D eigenvalue weighted by atomic mass is 9.94. The van der Waals surface area contributed by atoms with Crippen LogP contribution < -0.4 is 16.4 Å². The molecule has 0 unspecified atom stereocenters. The fraction of sp³-hybridized carbons (Fsp3) is 0.333. The minimum absolute atomic E-state index is 0. The Balaban J connectivity index is 0.00000289. The van der Waals surface area contributed by atoms with E-state index in [4.69, 9.17) is 5.73 Å². The Labute approximate surface area is 198 Å². The van der Waals surface area contributed by atoms with E-state index >= 15 is 0 Å². The summed E-state index contributed by atoms with van der Waals surface area (Å²) >= 11 is 1.45. The molecule has 8 heteroatoms. The van der Waals surface area contributed by atoms with Crippen LogP contribution in [0.5, 0.6) is 0 Å². The van der Waals surface area contributed by atoms with E-state index < -0.39 is 5.91 Å². The first-order chi connectivity index (χ1) is 14.7. The van der Waals surface area contributed by atoms with Crippen molar-refractivity contribution in [2.24, 2.45) is 11.1 Å². The lowest BCUT2D eigenvalue weighted by Gasteiger charge is -2.32. The van der Waals surface area contributed by atoms with E-state index in [1.54, 1.807) is 0 Å². The quantitative estimate of drug-likeness (QED) is 0.470. The van der Waals surface area contributed by atoms with Crippen LogP contribution in [-0.2, 0) is 13.0 Å². The van der Waals surface area contributed by atoms with Crippen LogP contribution in [0, 0.1) is 5.41 Å². The third-order valence-electron chi connectivity index (χ3n) is 5.31. The van der Waals surface area contributed by atoms with Gasteiger partial charge < -0.3 is 11.1 Å². The zero-order valence-electron chi connectivity index (χ0n) is 18.5. The van der Waals surface area contributed by atoms with Gasteiger partial charge in [0.1, 0.15) is 5.00 Å². The molecule has 6 nitrogen and oxygen atoms in total. The number of halogens is 1. The zero-order valence-corrected chi connectivity index (χ0v) is 20.2. The van der Waals surface area contributed by atoms with Crippen molar-refractivity contribution in [2.45, 2.75) is 33.7 Å². The Morgan fingerprint density at radius 2 is 1.81 bits per heavy atom. The molecule has 0 saturated heterocycles. The van der Waals surface area contributed by atoms with Gasteiger partial charge in [-0.3, -0.25) is 15.0 Å². The maximum Gasteiger partial charge on any atom is 0.324 e. The van der Waals surface area contributed by atoms with Gasteiger partial charge in [-0.05, 0) is 40.3 Å². The molecule has 0 spiro atoms. The van der Waals surface area contributed by atoms with Crippen LogP contribution in [-0.4, -0.2) is 29.9 Å². The smallest absolute Gasteiger partial charge is 0.324 e. The summed E-state index contributed by atoms with van der Waals surface area (Å²) in [6, 6.07) is 13.3. The van der Waals surface area contributed by atoms with Crippen molar-refractivity contribution >= 4 is 57.1 Å². The molecule has 1 aliphatic heterocycles. The van der Waals surface area contributed by atoms with Gasteiger partial charge in [-0.15, -0.1) is 23.7 Å². The van der Waals surface area contributed by atoms with E-state index in [2.05, 4.69) is 36.3 Å². The number of hydrogen-bond acceptors (Lipinski definition) is 4. The average molecular weight is 473 g/mol. The Morgan fingerprint density at radius 1 is 1.09 bits per heavy atom. The van der Waals surface area contributed by atoms with Crippen molar-refractivity contribution in [3.63, 3.8) is 0 Å². The zero-order chi connectivity index (χ0) is 22.2. The highest BCUT2D eigenvalue weighted by Crippen LogP contribution is 2.37. The van der Waals surface area contributed by atoms with Crippen molar-refractivity contribution in [1.82, 2.24) is 4.90 Å². The molecule has 32 heavy (non-hydrogen) atoms. The predicted molar refractivity (Wildman–Crippen MR) is 135 cm³/mol. The molecule has 1 aliphatic rings. The van der Waals surface area contributed by atoms with Gasteiger partial charge in [-0.25, -0.2) is 4.79 Å². The first kappa shape index (κ1) is 24.0. The minimum Gasteiger partial charge on any atom is -0.365 e. The highest BCUT2D eigenvalue weighted by atomic mass is 35.5. The van der Waals surface area contributed by atoms with Crippen molar-refractivity contribution in [3.8, 4) is 0 Å². The van der Waals surface area contributed by atoms with Gasteiger partial charge in [0.15, 0.2) is 0 Å². The topological polar surface area (TPSA) is 87.5 Å². The van der Waals surface area contributed by atoms with E-state index in [9.17, 15) is 9.59 Å². The van der Waals surface area contributed by atoms with Crippen molar-refractivity contribution in [2.75, 3.05) is 23.7 Å². The number of hydrogen-bond donors (Lipinski definition) is 3. The standard InChI is InChI=1S/C24H28N4O2S.ClH/c1-24(2,3)14-28-11-10-18-19(13-28)31-22(20(18)21(25)29)27-23(30)26-17-9-8-15-6-4-5-7-16(15)12-17;/h4-9,12H,10-11,13-14H2,1-3H3,(H2,25,29)(H2,26,27,30);1H. The second-order valence-electron chi connectivity index (χ2n) is 9.23. The Bertz CT molecular complexity index is 1150. The van der Waals surface area contributed by atoms with E-state index in [0.717, 1.165) is 47.3 Å². The number of nitrogens with one attached hydrogen (secondary N) is 2. The Kier molecular flexibility index (Phi) is 7.12. The van der Waals surface area contributed by atoms with Crippen LogP contribution in [0.25, 0.3) is 10.8 Å². The van der Waals surface area contributed by atoms with Gasteiger partial charge in [0, 0.05) is 30.2 Å². The highest BCUT2D eigenvalue weighted by molar-refractivity contribution is 7.17. The third-order valence-corrected chi connectivity index (χ3v) is 6.45. The molecule has 3 amide bonds. The molecule has 0 fully saturated rings. The fourth-order valence-corrected chi connectivity index (χ4v) is 5.43. The molecule has 2 heterocycles. The summed E-state index contributed by atoms with van der Waals surface area (Å²) < 4.78 is 0. The summed E-state index contributed by atoms with van der Waals surface area (Å²) in [5.41, 5.74) is 8.00. The molecule has 1 aromatic heterocycles. The maximum absolute atomic E-state index is 12.7. The van der Waals surface area contributed by atoms with E-state index in [0.29, 0.717) is 16.3 Å². The van der Waals surface area contributed by atoms with Gasteiger partial charge in [0.2, 0.25) is 0 Å². The summed E-state index contributed by atoms with van der Waals surface area (Å²) in [6.45, 7) is 9.28. The first-order valence-electron chi connectivity index (χ1n) is 10.4. The monoisotopic (exact) mass is 472 g/mol. The normalized spacial score (nSPS) is 13.8. The van der Waals surface area contributed by atoms with E-state index in [1.807, 2.05) is 42.5 Å². The van der Waals surface area contributed by atoms with Crippen LogP contribution in [0.4, 0.5) is 15.5 Å². The molecule has 4 N–H and O–H groups in total. The summed E-state index contributed by atoms with van der Waals surface area (Å²) in [4.78, 5) is 28.4. The van der Waals surface area contributed by atoms with Crippen molar-refractivity contribution in [3.05, 3.63) is 58.5 Å². The largest absolute Gasteiger partial charge is 0.365 e.